The minimum absolute atomic E-state index is 0.161. The number of amides is 1. The number of hydrogen-bond acceptors (Lipinski definition) is 5. The van der Waals surface area contributed by atoms with Crippen LogP contribution in [0.15, 0.2) is 60.6 Å². The molecule has 0 radical (unpaired) electrons. The number of methoxy groups -OCH3 is 2. The molecule has 1 aromatic rings. The van der Waals surface area contributed by atoms with Crippen LogP contribution in [0.4, 0.5) is 0 Å². The monoisotopic (exact) mass is 318 g/mol. The van der Waals surface area contributed by atoms with Crippen LogP contribution < -0.4 is 16.2 Å². The van der Waals surface area contributed by atoms with Gasteiger partial charge in [0.1, 0.15) is 17.3 Å². The lowest BCUT2D eigenvalue weighted by atomic mass is 10.1. The molecule has 4 N–H and O–H groups in total. The summed E-state index contributed by atoms with van der Waals surface area (Å²) in [6.07, 6.45) is 5.02. The summed E-state index contributed by atoms with van der Waals surface area (Å²) in [5, 5.41) is 0. The molecule has 1 amide bonds. The smallest absolute Gasteiger partial charge is 0.255 e. The summed E-state index contributed by atoms with van der Waals surface area (Å²) in [7, 11) is 3.09. The number of benzene rings is 1. The first-order chi connectivity index (χ1) is 11.0. The van der Waals surface area contributed by atoms with E-state index in [-0.39, 0.29) is 12.6 Å². The van der Waals surface area contributed by atoms with Gasteiger partial charge in [0.15, 0.2) is 6.61 Å². The minimum atomic E-state index is -0.526. The summed E-state index contributed by atoms with van der Waals surface area (Å²) in [6, 6.07) is 6.67. The Morgan fingerprint density at radius 3 is 2.30 bits per heavy atom. The molecule has 1 unspecified atom stereocenters. The van der Waals surface area contributed by atoms with Crippen LogP contribution in [0.2, 0.25) is 0 Å². The summed E-state index contributed by atoms with van der Waals surface area (Å²) in [5.74, 6) is 1.15. The molecule has 0 fully saturated rings. The Morgan fingerprint density at radius 2 is 1.83 bits per heavy atom. The summed E-state index contributed by atoms with van der Waals surface area (Å²) in [5.41, 5.74) is 12.0. The highest BCUT2D eigenvalue weighted by Crippen LogP contribution is 2.19. The van der Waals surface area contributed by atoms with Crippen molar-refractivity contribution in [2.45, 2.75) is 6.04 Å². The summed E-state index contributed by atoms with van der Waals surface area (Å²) in [4.78, 5) is 10.7. The molecule has 6 heteroatoms. The zero-order chi connectivity index (χ0) is 17.2. The fourth-order valence-electron chi connectivity index (χ4n) is 1.73. The Labute approximate surface area is 136 Å². The van der Waals surface area contributed by atoms with Crippen molar-refractivity contribution in [2.75, 3.05) is 20.8 Å². The number of carbonyl (C=O) groups excluding carboxylic acids is 1. The van der Waals surface area contributed by atoms with Crippen molar-refractivity contribution in [3.8, 4) is 5.75 Å². The van der Waals surface area contributed by atoms with Gasteiger partial charge in [0.05, 0.1) is 20.3 Å². The molecule has 6 nitrogen and oxygen atoms in total. The van der Waals surface area contributed by atoms with Crippen LogP contribution >= 0.6 is 0 Å². The Hall–Kier alpha value is -2.73. The SMILES string of the molecule is C=C/C(=C\C(=C\C(N)c1ccc(OCC(N)=O)cc1)OC)OC. The van der Waals surface area contributed by atoms with Crippen LogP contribution in [-0.2, 0) is 14.3 Å². The number of rotatable bonds is 9. The summed E-state index contributed by atoms with van der Waals surface area (Å²) >= 11 is 0. The van der Waals surface area contributed by atoms with Gasteiger partial charge in [0.25, 0.3) is 5.91 Å². The van der Waals surface area contributed by atoms with Crippen LogP contribution in [0.1, 0.15) is 11.6 Å². The number of ether oxygens (including phenoxy) is 3. The lowest BCUT2D eigenvalue weighted by Crippen LogP contribution is -2.20. The van der Waals surface area contributed by atoms with Gasteiger partial charge in [-0.1, -0.05) is 18.7 Å². The summed E-state index contributed by atoms with van der Waals surface area (Å²) < 4.78 is 15.6. The molecular weight excluding hydrogens is 296 g/mol. The predicted octanol–water partition coefficient (Wildman–Crippen LogP) is 1.80. The first-order valence-electron chi connectivity index (χ1n) is 6.90. The predicted molar refractivity (Wildman–Crippen MR) is 88.4 cm³/mol. The number of allylic oxidation sites excluding steroid dienone is 2. The van der Waals surface area contributed by atoms with E-state index in [0.29, 0.717) is 17.3 Å². The second-order valence-electron chi connectivity index (χ2n) is 4.58. The number of nitrogens with two attached hydrogens (primary N) is 2. The molecule has 0 aromatic heterocycles. The van der Waals surface area contributed by atoms with Gasteiger partial charge in [-0.25, -0.2) is 0 Å². The Bertz CT molecular complexity index is 591. The quantitative estimate of drug-likeness (QED) is 0.534. The van der Waals surface area contributed by atoms with Crippen LogP contribution in [0.3, 0.4) is 0 Å². The molecule has 0 aliphatic heterocycles. The lowest BCUT2D eigenvalue weighted by molar-refractivity contribution is -0.119. The Kier molecular flexibility index (Phi) is 7.42. The van der Waals surface area contributed by atoms with Crippen molar-refractivity contribution in [1.82, 2.24) is 0 Å². The fraction of sp³-hybridized carbons (Fsp3) is 0.235. The van der Waals surface area contributed by atoms with Crippen molar-refractivity contribution < 1.29 is 19.0 Å². The zero-order valence-corrected chi connectivity index (χ0v) is 13.3. The lowest BCUT2D eigenvalue weighted by Gasteiger charge is -2.11. The van der Waals surface area contributed by atoms with E-state index in [1.54, 1.807) is 56.7 Å². The van der Waals surface area contributed by atoms with E-state index in [0.717, 1.165) is 5.56 Å². The highest BCUT2D eigenvalue weighted by atomic mass is 16.5. The maximum Gasteiger partial charge on any atom is 0.255 e. The molecule has 0 saturated carbocycles. The van der Waals surface area contributed by atoms with E-state index in [1.165, 1.54) is 0 Å². The van der Waals surface area contributed by atoms with E-state index in [9.17, 15) is 4.79 Å². The van der Waals surface area contributed by atoms with Crippen LogP contribution in [0.5, 0.6) is 5.75 Å². The maximum atomic E-state index is 10.7. The third-order valence-electron chi connectivity index (χ3n) is 2.95. The van der Waals surface area contributed by atoms with E-state index in [1.807, 2.05) is 0 Å². The summed E-state index contributed by atoms with van der Waals surface area (Å²) in [6.45, 7) is 3.48. The van der Waals surface area contributed by atoms with Gasteiger partial charge in [-0.3, -0.25) is 4.79 Å². The van der Waals surface area contributed by atoms with Gasteiger partial charge in [-0.15, -0.1) is 0 Å². The third-order valence-corrected chi connectivity index (χ3v) is 2.95. The van der Waals surface area contributed by atoms with Crippen molar-refractivity contribution in [1.29, 1.82) is 0 Å². The number of carbonyl (C=O) groups is 1. The molecule has 1 aromatic carbocycles. The second kappa shape index (κ2) is 9.32. The zero-order valence-electron chi connectivity index (χ0n) is 13.3. The second-order valence-corrected chi connectivity index (χ2v) is 4.58. The molecule has 124 valence electrons. The topological polar surface area (TPSA) is 96.8 Å². The van der Waals surface area contributed by atoms with E-state index in [2.05, 4.69) is 6.58 Å². The molecule has 0 aliphatic carbocycles. The molecule has 0 aliphatic rings. The number of primary amides is 1. The first-order valence-corrected chi connectivity index (χ1v) is 6.90. The van der Waals surface area contributed by atoms with Crippen LogP contribution in [0.25, 0.3) is 0 Å². The van der Waals surface area contributed by atoms with E-state index < -0.39 is 5.91 Å². The van der Waals surface area contributed by atoms with Gasteiger partial charge < -0.3 is 25.7 Å². The molecule has 0 heterocycles. The Balaban J connectivity index is 2.84. The maximum absolute atomic E-state index is 10.7. The number of hydrogen-bond donors (Lipinski definition) is 2. The average molecular weight is 318 g/mol. The van der Waals surface area contributed by atoms with Gasteiger partial charge in [-0.05, 0) is 29.8 Å². The van der Waals surface area contributed by atoms with Crippen LogP contribution in [-0.4, -0.2) is 26.7 Å². The molecule has 1 rings (SSSR count). The van der Waals surface area contributed by atoms with Crippen LogP contribution in [0, 0.1) is 0 Å². The molecular formula is C17H22N2O4. The highest BCUT2D eigenvalue weighted by molar-refractivity contribution is 5.75. The van der Waals surface area contributed by atoms with Crippen molar-refractivity contribution in [3.05, 3.63) is 66.2 Å². The van der Waals surface area contributed by atoms with Gasteiger partial charge in [-0.2, -0.15) is 0 Å². The van der Waals surface area contributed by atoms with Gasteiger partial charge in [0.2, 0.25) is 0 Å². The fourth-order valence-corrected chi connectivity index (χ4v) is 1.73. The van der Waals surface area contributed by atoms with Crippen molar-refractivity contribution in [3.63, 3.8) is 0 Å². The molecule has 0 saturated heterocycles. The molecule has 0 bridgehead atoms. The third kappa shape index (κ3) is 6.27. The van der Waals surface area contributed by atoms with Crippen molar-refractivity contribution in [2.24, 2.45) is 11.5 Å². The first kappa shape index (κ1) is 18.3. The normalized spacial score (nSPS) is 13.2. The standard InChI is InChI=1S/C17H22N2O4/c1-4-13(21-2)9-15(22-3)10-16(18)12-5-7-14(8-6-12)23-11-17(19)20/h4-10,16H,1,11,18H2,2-3H3,(H2,19,20)/b13-9+,15-10-. The largest absolute Gasteiger partial charge is 0.497 e. The minimum Gasteiger partial charge on any atom is -0.497 e. The highest BCUT2D eigenvalue weighted by Gasteiger charge is 2.06. The van der Waals surface area contributed by atoms with Gasteiger partial charge in [0, 0.05) is 6.08 Å². The van der Waals surface area contributed by atoms with Crippen molar-refractivity contribution >= 4 is 5.91 Å². The molecule has 23 heavy (non-hydrogen) atoms. The van der Waals surface area contributed by atoms with Gasteiger partial charge >= 0.3 is 0 Å². The average Bonchev–Trinajstić information content (AvgIpc) is 2.56. The molecule has 0 spiro atoms. The Morgan fingerprint density at radius 1 is 1.22 bits per heavy atom. The van der Waals surface area contributed by atoms with E-state index >= 15 is 0 Å². The molecule has 1 atom stereocenters. The van der Waals surface area contributed by atoms with E-state index in [4.69, 9.17) is 25.7 Å².